The number of carbonyl (C=O) groups is 2. The highest BCUT2D eigenvalue weighted by Crippen LogP contribution is 2.38. The molecule has 1 atom stereocenters. The van der Waals surface area contributed by atoms with Crippen molar-refractivity contribution in [2.45, 2.75) is 38.6 Å². The average Bonchev–Trinajstić information content (AvgIpc) is 3.37. The lowest BCUT2D eigenvalue weighted by atomic mass is 10.2. The van der Waals surface area contributed by atoms with Crippen molar-refractivity contribution in [2.24, 2.45) is 0 Å². The summed E-state index contributed by atoms with van der Waals surface area (Å²) in [6.07, 6.45) is 2.12. The second-order valence-corrected chi connectivity index (χ2v) is 7.61. The van der Waals surface area contributed by atoms with Gasteiger partial charge in [-0.05, 0) is 32.8 Å². The summed E-state index contributed by atoms with van der Waals surface area (Å²) < 4.78 is 1.20. The largest absolute Gasteiger partial charge is 0.344 e. The van der Waals surface area contributed by atoms with Crippen molar-refractivity contribution in [1.29, 1.82) is 0 Å². The Morgan fingerprint density at radius 3 is 2.65 bits per heavy atom. The maximum Gasteiger partial charge on any atom is 0.267 e. The van der Waals surface area contributed by atoms with Crippen molar-refractivity contribution >= 4 is 28.3 Å². The number of thiazole rings is 1. The SMILES string of the molecule is Cc1nc(NC(=O)C(C)n2nc(C3CC3)ccc2=O)sc1C(=O)N(C)C. The molecule has 2 heterocycles. The van der Waals surface area contributed by atoms with Gasteiger partial charge in [0.25, 0.3) is 17.4 Å². The van der Waals surface area contributed by atoms with Gasteiger partial charge in [-0.3, -0.25) is 14.4 Å². The summed E-state index contributed by atoms with van der Waals surface area (Å²) in [5.41, 5.74) is 1.08. The van der Waals surface area contributed by atoms with Crippen molar-refractivity contribution in [2.75, 3.05) is 19.4 Å². The molecule has 2 amide bonds. The minimum absolute atomic E-state index is 0.163. The molecule has 1 N–H and O–H groups in total. The molecule has 8 nitrogen and oxygen atoms in total. The zero-order valence-electron chi connectivity index (χ0n) is 15.1. The number of anilines is 1. The first-order valence-corrected chi connectivity index (χ1v) is 9.19. The van der Waals surface area contributed by atoms with E-state index >= 15 is 0 Å². The quantitative estimate of drug-likeness (QED) is 0.859. The third-order valence-corrected chi connectivity index (χ3v) is 5.28. The molecule has 1 aliphatic rings. The van der Waals surface area contributed by atoms with E-state index in [1.165, 1.54) is 15.6 Å². The molecular weight excluding hydrogens is 354 g/mol. The van der Waals surface area contributed by atoms with Crippen LogP contribution in [-0.2, 0) is 4.79 Å². The van der Waals surface area contributed by atoms with Crippen molar-refractivity contribution < 1.29 is 9.59 Å². The van der Waals surface area contributed by atoms with E-state index in [0.29, 0.717) is 21.6 Å². The fraction of sp³-hybridized carbons (Fsp3) is 0.471. The molecule has 0 radical (unpaired) electrons. The predicted molar refractivity (Wildman–Crippen MR) is 98.7 cm³/mol. The summed E-state index contributed by atoms with van der Waals surface area (Å²) in [6, 6.07) is 2.40. The summed E-state index contributed by atoms with van der Waals surface area (Å²) in [7, 11) is 3.32. The Bertz CT molecular complexity index is 913. The number of hydrogen-bond donors (Lipinski definition) is 1. The predicted octanol–water partition coefficient (Wildman–Crippen LogP) is 1.79. The van der Waals surface area contributed by atoms with E-state index in [4.69, 9.17) is 0 Å². The van der Waals surface area contributed by atoms with Gasteiger partial charge < -0.3 is 10.2 Å². The van der Waals surface area contributed by atoms with Crippen LogP contribution in [0.4, 0.5) is 5.13 Å². The first kappa shape index (κ1) is 18.2. The lowest BCUT2D eigenvalue weighted by Crippen LogP contribution is -2.33. The van der Waals surface area contributed by atoms with Crippen molar-refractivity contribution in [3.05, 3.63) is 38.8 Å². The van der Waals surface area contributed by atoms with Crippen LogP contribution in [0, 0.1) is 6.92 Å². The molecule has 2 aromatic heterocycles. The molecule has 9 heteroatoms. The Balaban J connectivity index is 1.78. The molecule has 0 saturated heterocycles. The molecule has 0 spiro atoms. The summed E-state index contributed by atoms with van der Waals surface area (Å²) in [6.45, 7) is 3.34. The van der Waals surface area contributed by atoms with Crippen LogP contribution in [0.2, 0.25) is 0 Å². The average molecular weight is 375 g/mol. The minimum Gasteiger partial charge on any atom is -0.344 e. The van der Waals surface area contributed by atoms with Crippen LogP contribution in [0.15, 0.2) is 16.9 Å². The van der Waals surface area contributed by atoms with Crippen molar-refractivity contribution in [3.63, 3.8) is 0 Å². The van der Waals surface area contributed by atoms with Crippen LogP contribution in [0.3, 0.4) is 0 Å². The first-order chi connectivity index (χ1) is 12.3. The normalized spacial score (nSPS) is 14.8. The lowest BCUT2D eigenvalue weighted by Gasteiger charge is -2.13. The number of amides is 2. The van der Waals surface area contributed by atoms with Gasteiger partial charge in [0.2, 0.25) is 0 Å². The molecule has 0 bridgehead atoms. The second-order valence-electron chi connectivity index (χ2n) is 6.61. The van der Waals surface area contributed by atoms with Crippen LogP contribution in [0.25, 0.3) is 0 Å². The van der Waals surface area contributed by atoms with E-state index in [1.54, 1.807) is 34.0 Å². The highest BCUT2D eigenvalue weighted by Gasteiger charge is 2.27. The molecular formula is C17H21N5O3S. The van der Waals surface area contributed by atoms with E-state index in [1.807, 2.05) is 0 Å². The van der Waals surface area contributed by atoms with Gasteiger partial charge in [-0.2, -0.15) is 5.10 Å². The number of nitrogens with one attached hydrogen (secondary N) is 1. The van der Waals surface area contributed by atoms with Gasteiger partial charge in [-0.25, -0.2) is 9.67 Å². The van der Waals surface area contributed by atoms with Crippen LogP contribution in [-0.4, -0.2) is 45.6 Å². The molecule has 26 heavy (non-hydrogen) atoms. The number of aryl methyl sites for hydroxylation is 1. The van der Waals surface area contributed by atoms with Gasteiger partial charge in [0.15, 0.2) is 5.13 Å². The van der Waals surface area contributed by atoms with Crippen molar-refractivity contribution in [3.8, 4) is 0 Å². The van der Waals surface area contributed by atoms with E-state index in [-0.39, 0.29) is 11.5 Å². The maximum atomic E-state index is 12.5. The van der Waals surface area contributed by atoms with E-state index in [2.05, 4.69) is 15.4 Å². The third kappa shape index (κ3) is 3.67. The van der Waals surface area contributed by atoms with Gasteiger partial charge in [0, 0.05) is 26.1 Å². The molecule has 3 rings (SSSR count). The number of carbonyl (C=O) groups excluding carboxylic acids is 2. The number of nitrogens with zero attached hydrogens (tertiary/aromatic N) is 4. The fourth-order valence-corrected chi connectivity index (χ4v) is 3.48. The Labute approximate surface area is 154 Å². The second kappa shape index (κ2) is 6.99. The Hall–Kier alpha value is -2.55. The smallest absolute Gasteiger partial charge is 0.267 e. The molecule has 1 saturated carbocycles. The molecule has 1 fully saturated rings. The van der Waals surface area contributed by atoms with E-state index in [0.717, 1.165) is 29.9 Å². The van der Waals surface area contributed by atoms with Crippen LogP contribution in [0.1, 0.15) is 52.8 Å². The van der Waals surface area contributed by atoms with Gasteiger partial charge >= 0.3 is 0 Å². The third-order valence-electron chi connectivity index (χ3n) is 4.21. The van der Waals surface area contributed by atoms with Gasteiger partial charge in [-0.15, -0.1) is 0 Å². The van der Waals surface area contributed by atoms with Crippen LogP contribution in [0.5, 0.6) is 0 Å². The minimum atomic E-state index is -0.779. The van der Waals surface area contributed by atoms with Crippen LogP contribution >= 0.6 is 11.3 Å². The zero-order chi connectivity index (χ0) is 19.0. The molecule has 138 valence electrons. The van der Waals surface area contributed by atoms with E-state index < -0.39 is 11.9 Å². The summed E-state index contributed by atoms with van der Waals surface area (Å²) in [5.74, 6) is -0.174. The topological polar surface area (TPSA) is 97.2 Å². The molecule has 0 aliphatic heterocycles. The molecule has 2 aromatic rings. The first-order valence-electron chi connectivity index (χ1n) is 8.37. The number of rotatable bonds is 5. The van der Waals surface area contributed by atoms with Gasteiger partial charge in [0.1, 0.15) is 10.9 Å². The molecule has 1 aliphatic carbocycles. The highest BCUT2D eigenvalue weighted by atomic mass is 32.1. The number of hydrogen-bond acceptors (Lipinski definition) is 6. The van der Waals surface area contributed by atoms with Crippen LogP contribution < -0.4 is 10.9 Å². The van der Waals surface area contributed by atoms with E-state index in [9.17, 15) is 14.4 Å². The fourth-order valence-electron chi connectivity index (χ4n) is 2.49. The Morgan fingerprint density at radius 2 is 2.04 bits per heavy atom. The lowest BCUT2D eigenvalue weighted by molar-refractivity contribution is -0.119. The Kier molecular flexibility index (Phi) is 4.90. The summed E-state index contributed by atoms with van der Waals surface area (Å²) >= 11 is 1.12. The summed E-state index contributed by atoms with van der Waals surface area (Å²) in [5, 5.41) is 7.35. The van der Waals surface area contributed by atoms with Gasteiger partial charge in [-0.1, -0.05) is 11.3 Å². The Morgan fingerprint density at radius 1 is 1.35 bits per heavy atom. The molecule has 1 unspecified atom stereocenters. The van der Waals surface area contributed by atoms with Crippen molar-refractivity contribution in [1.82, 2.24) is 19.7 Å². The molecule has 0 aromatic carbocycles. The summed E-state index contributed by atoms with van der Waals surface area (Å²) in [4.78, 5) is 42.9. The maximum absolute atomic E-state index is 12.5. The number of aromatic nitrogens is 3. The standard InChI is InChI=1S/C17H21N5O3S/c1-9-14(16(25)21(3)4)26-17(18-9)19-15(24)10(2)22-13(23)8-7-12(20-22)11-5-6-11/h7-8,10-11H,5-6H2,1-4H3,(H,18,19,24). The monoisotopic (exact) mass is 375 g/mol. The zero-order valence-corrected chi connectivity index (χ0v) is 16.0. The van der Waals surface area contributed by atoms with Gasteiger partial charge in [0.05, 0.1) is 11.4 Å². The highest BCUT2D eigenvalue weighted by molar-refractivity contribution is 7.17.